The van der Waals surface area contributed by atoms with E-state index in [4.69, 9.17) is 9.84 Å². The molecule has 1 N–H and O–H groups in total. The lowest BCUT2D eigenvalue weighted by molar-refractivity contribution is -0.274. The second kappa shape index (κ2) is 6.49. The highest BCUT2D eigenvalue weighted by molar-refractivity contribution is 9.10. The quantitative estimate of drug-likeness (QED) is 0.841. The molecule has 0 amide bonds. The third kappa shape index (κ3) is 4.38. The lowest BCUT2D eigenvalue weighted by Crippen LogP contribution is -2.16. The van der Waals surface area contributed by atoms with E-state index < -0.39 is 12.3 Å². The summed E-state index contributed by atoms with van der Waals surface area (Å²) in [5.74, 6) is -1.22. The van der Waals surface area contributed by atoms with Crippen molar-refractivity contribution in [2.45, 2.75) is 13.0 Å². The number of benzene rings is 1. The zero-order valence-corrected chi connectivity index (χ0v) is 13.2. The highest BCUT2D eigenvalue weighted by atomic mass is 79.9. The summed E-state index contributed by atoms with van der Waals surface area (Å²) in [4.78, 5) is 11.0. The summed E-state index contributed by atoms with van der Waals surface area (Å²) in [6, 6.07) is 4.82. The van der Waals surface area contributed by atoms with Crippen LogP contribution in [0.4, 0.5) is 13.2 Å². The molecule has 1 aromatic carbocycles. The first-order valence-corrected chi connectivity index (χ1v) is 6.90. The maximum Gasteiger partial charge on any atom is 0.573 e. The van der Waals surface area contributed by atoms with E-state index in [0.29, 0.717) is 5.69 Å². The number of carboxylic acid groups (broad SMARTS) is 1. The first-order valence-electron chi connectivity index (χ1n) is 6.10. The molecule has 0 unspecified atom stereocenters. The molecule has 0 radical (unpaired) electrons. The molecule has 0 aliphatic heterocycles. The van der Waals surface area contributed by atoms with Gasteiger partial charge in [-0.05, 0) is 40.2 Å². The van der Waals surface area contributed by atoms with Gasteiger partial charge in [-0.15, -0.1) is 13.2 Å². The maximum absolute atomic E-state index is 12.0. The number of aryl methyl sites for hydroxylation is 1. The standard InChI is InChI=1S/C13H10BrF3N2O4/c1-19-11(12(20)21)10(14)9(18-19)6-22-7-2-4-8(5-3-7)23-13(15,16)17/h2-5H,6H2,1H3,(H,20,21). The average molecular weight is 395 g/mol. The van der Waals surface area contributed by atoms with E-state index in [1.807, 2.05) is 0 Å². The van der Waals surface area contributed by atoms with E-state index in [0.717, 1.165) is 12.1 Å². The average Bonchev–Trinajstić information content (AvgIpc) is 2.71. The number of nitrogens with zero attached hydrogens (tertiary/aromatic N) is 2. The molecule has 23 heavy (non-hydrogen) atoms. The Bertz CT molecular complexity index is 713. The molecule has 1 heterocycles. The number of carbonyl (C=O) groups is 1. The number of halogens is 4. The van der Waals surface area contributed by atoms with Gasteiger partial charge in [-0.1, -0.05) is 0 Å². The smallest absolute Gasteiger partial charge is 0.487 e. The minimum Gasteiger partial charge on any atom is -0.487 e. The maximum atomic E-state index is 12.0. The van der Waals surface area contributed by atoms with Crippen molar-refractivity contribution >= 4 is 21.9 Å². The normalized spacial score (nSPS) is 11.3. The van der Waals surface area contributed by atoms with Gasteiger partial charge in [0.15, 0.2) is 5.69 Å². The number of carboxylic acids is 1. The Hall–Kier alpha value is -2.23. The van der Waals surface area contributed by atoms with Gasteiger partial charge in [-0.25, -0.2) is 4.79 Å². The Balaban J connectivity index is 2.04. The van der Waals surface area contributed by atoms with Gasteiger partial charge in [0, 0.05) is 7.05 Å². The van der Waals surface area contributed by atoms with Gasteiger partial charge in [0.25, 0.3) is 0 Å². The monoisotopic (exact) mass is 394 g/mol. The van der Waals surface area contributed by atoms with Crippen LogP contribution >= 0.6 is 15.9 Å². The molecule has 2 rings (SSSR count). The third-order valence-corrected chi connectivity index (χ3v) is 3.52. The van der Waals surface area contributed by atoms with Crippen molar-refractivity contribution in [3.63, 3.8) is 0 Å². The Kier molecular flexibility index (Phi) is 4.83. The SMILES string of the molecule is Cn1nc(COc2ccc(OC(F)(F)F)cc2)c(Br)c1C(=O)O. The first kappa shape index (κ1) is 17.1. The summed E-state index contributed by atoms with van der Waals surface area (Å²) in [7, 11) is 1.47. The highest BCUT2D eigenvalue weighted by Gasteiger charge is 2.31. The largest absolute Gasteiger partial charge is 0.573 e. The molecule has 0 fully saturated rings. The van der Waals surface area contributed by atoms with Crippen LogP contribution in [-0.4, -0.2) is 27.2 Å². The van der Waals surface area contributed by atoms with Crippen molar-refractivity contribution in [2.75, 3.05) is 0 Å². The number of aromatic carboxylic acids is 1. The Morgan fingerprint density at radius 2 is 1.87 bits per heavy atom. The lowest BCUT2D eigenvalue weighted by Gasteiger charge is -2.09. The molecular formula is C13H10BrF3N2O4. The number of hydrogen-bond acceptors (Lipinski definition) is 4. The van der Waals surface area contributed by atoms with Gasteiger partial charge in [-0.2, -0.15) is 5.10 Å². The van der Waals surface area contributed by atoms with Crippen molar-refractivity contribution in [2.24, 2.45) is 7.05 Å². The second-order valence-corrected chi connectivity index (χ2v) is 5.14. The van der Waals surface area contributed by atoms with E-state index in [9.17, 15) is 18.0 Å². The molecule has 0 aliphatic rings. The molecule has 0 atom stereocenters. The molecule has 0 saturated heterocycles. The topological polar surface area (TPSA) is 73.6 Å². The predicted octanol–water partition coefficient (Wildman–Crippen LogP) is 3.36. The summed E-state index contributed by atoms with van der Waals surface area (Å²) in [6.45, 7) is -0.0544. The third-order valence-electron chi connectivity index (χ3n) is 2.69. The predicted molar refractivity (Wildman–Crippen MR) is 75.3 cm³/mol. The number of alkyl halides is 3. The van der Waals surface area contributed by atoms with E-state index in [1.165, 1.54) is 23.9 Å². The summed E-state index contributed by atoms with van der Waals surface area (Å²) < 4.78 is 46.7. The van der Waals surface area contributed by atoms with Crippen molar-refractivity contribution in [3.05, 3.63) is 40.1 Å². The van der Waals surface area contributed by atoms with Crippen LogP contribution in [0.1, 0.15) is 16.2 Å². The zero-order chi connectivity index (χ0) is 17.2. The van der Waals surface area contributed by atoms with Gasteiger partial charge in [-0.3, -0.25) is 4.68 Å². The van der Waals surface area contributed by atoms with Crippen LogP contribution in [0, 0.1) is 0 Å². The summed E-state index contributed by atoms with van der Waals surface area (Å²) in [5, 5.41) is 13.0. The lowest BCUT2D eigenvalue weighted by atomic mass is 10.3. The molecule has 0 spiro atoms. The summed E-state index contributed by atoms with van der Waals surface area (Å²) in [5.41, 5.74) is 0.318. The van der Waals surface area contributed by atoms with Gasteiger partial charge in [0.1, 0.15) is 23.8 Å². The Morgan fingerprint density at radius 3 is 2.35 bits per heavy atom. The molecule has 0 bridgehead atoms. The van der Waals surface area contributed by atoms with E-state index in [-0.39, 0.29) is 28.3 Å². The molecule has 0 aliphatic carbocycles. The Morgan fingerprint density at radius 1 is 1.30 bits per heavy atom. The molecule has 124 valence electrons. The first-order chi connectivity index (χ1) is 10.7. The highest BCUT2D eigenvalue weighted by Crippen LogP contribution is 2.26. The molecule has 6 nitrogen and oxygen atoms in total. The van der Waals surface area contributed by atoms with Crippen LogP contribution in [0.3, 0.4) is 0 Å². The van der Waals surface area contributed by atoms with Gasteiger partial charge < -0.3 is 14.6 Å². The van der Waals surface area contributed by atoms with Crippen molar-refractivity contribution < 1.29 is 32.5 Å². The zero-order valence-electron chi connectivity index (χ0n) is 11.6. The fraction of sp³-hybridized carbons (Fsp3) is 0.231. The fourth-order valence-electron chi connectivity index (χ4n) is 1.77. The van der Waals surface area contributed by atoms with E-state index >= 15 is 0 Å². The molecule has 2 aromatic rings. The van der Waals surface area contributed by atoms with Gasteiger partial charge in [0.05, 0.1) is 4.47 Å². The van der Waals surface area contributed by atoms with Crippen LogP contribution in [0.2, 0.25) is 0 Å². The molecule has 10 heteroatoms. The summed E-state index contributed by atoms with van der Waals surface area (Å²) in [6.07, 6.45) is -4.76. The van der Waals surface area contributed by atoms with Crippen molar-refractivity contribution in [1.29, 1.82) is 0 Å². The number of hydrogen-bond donors (Lipinski definition) is 1. The van der Waals surface area contributed by atoms with Gasteiger partial charge >= 0.3 is 12.3 Å². The minimum absolute atomic E-state index is 0.0301. The van der Waals surface area contributed by atoms with Crippen molar-refractivity contribution in [3.8, 4) is 11.5 Å². The van der Waals surface area contributed by atoms with E-state index in [1.54, 1.807) is 0 Å². The number of rotatable bonds is 5. The minimum atomic E-state index is -4.76. The van der Waals surface area contributed by atoms with Crippen LogP contribution in [0.5, 0.6) is 11.5 Å². The van der Waals surface area contributed by atoms with Crippen LogP contribution in [0.25, 0.3) is 0 Å². The van der Waals surface area contributed by atoms with Crippen LogP contribution in [0.15, 0.2) is 28.7 Å². The fourth-order valence-corrected chi connectivity index (χ4v) is 2.39. The molecular weight excluding hydrogens is 385 g/mol. The second-order valence-electron chi connectivity index (χ2n) is 4.35. The van der Waals surface area contributed by atoms with Crippen LogP contribution < -0.4 is 9.47 Å². The van der Waals surface area contributed by atoms with Crippen molar-refractivity contribution in [1.82, 2.24) is 9.78 Å². The molecule has 0 saturated carbocycles. The molecule has 1 aromatic heterocycles. The van der Waals surface area contributed by atoms with E-state index in [2.05, 4.69) is 25.8 Å². The summed E-state index contributed by atoms with van der Waals surface area (Å²) >= 11 is 3.13. The number of ether oxygens (including phenoxy) is 2. The Labute approximate surface area is 136 Å². The van der Waals surface area contributed by atoms with Gasteiger partial charge in [0.2, 0.25) is 0 Å². The number of aromatic nitrogens is 2. The van der Waals surface area contributed by atoms with Crippen LogP contribution in [-0.2, 0) is 13.7 Å².